The molecule has 1 fully saturated rings. The number of carbonyl (C=O) groups is 1. The highest BCUT2D eigenvalue weighted by Crippen LogP contribution is 2.33. The van der Waals surface area contributed by atoms with Crippen LogP contribution in [0.4, 0.5) is 0 Å². The maximum atomic E-state index is 11.3. The van der Waals surface area contributed by atoms with E-state index < -0.39 is 5.97 Å². The Morgan fingerprint density at radius 3 is 3.00 bits per heavy atom. The predicted octanol–water partition coefficient (Wildman–Crippen LogP) is 3.51. The number of aliphatic carboxylic acids is 1. The third kappa shape index (κ3) is 2.89. The van der Waals surface area contributed by atoms with E-state index in [0.29, 0.717) is 0 Å². The summed E-state index contributed by atoms with van der Waals surface area (Å²) in [5.41, 5.74) is 0. The van der Waals surface area contributed by atoms with Crippen LogP contribution in [0.2, 0.25) is 0 Å². The van der Waals surface area contributed by atoms with Gasteiger partial charge in [0.15, 0.2) is 0 Å². The molecule has 0 radical (unpaired) electrons. The summed E-state index contributed by atoms with van der Waals surface area (Å²) in [5.74, 6) is -0.688. The van der Waals surface area contributed by atoms with Crippen molar-refractivity contribution in [3.05, 3.63) is 20.8 Å². The molecule has 0 aliphatic carbocycles. The topological polar surface area (TPSA) is 40.5 Å². The molecule has 2 rings (SSSR count). The van der Waals surface area contributed by atoms with Crippen LogP contribution in [0, 0.1) is 0 Å². The standard InChI is InChI=1S/C12H16BrNO2S/c1-8(11-6-9(13)7-17-11)14-5-3-2-4-10(14)12(15)16/h6-8,10H,2-5H2,1H3,(H,15,16). The molecule has 94 valence electrons. The molecule has 2 atom stereocenters. The zero-order chi connectivity index (χ0) is 12.4. The quantitative estimate of drug-likeness (QED) is 0.927. The minimum absolute atomic E-state index is 0.188. The molecule has 0 spiro atoms. The van der Waals surface area contributed by atoms with Gasteiger partial charge in [-0.05, 0) is 48.3 Å². The largest absolute Gasteiger partial charge is 0.480 e. The van der Waals surface area contributed by atoms with Crippen molar-refractivity contribution in [3.8, 4) is 0 Å². The first kappa shape index (κ1) is 13.1. The summed E-state index contributed by atoms with van der Waals surface area (Å²) in [7, 11) is 0. The lowest BCUT2D eigenvalue weighted by Gasteiger charge is -2.37. The fraction of sp³-hybridized carbons (Fsp3) is 0.583. The second-order valence-corrected chi connectivity index (χ2v) is 6.29. The van der Waals surface area contributed by atoms with Gasteiger partial charge in [0.1, 0.15) is 6.04 Å². The average Bonchev–Trinajstić information content (AvgIpc) is 2.75. The van der Waals surface area contributed by atoms with E-state index in [1.165, 1.54) is 4.88 Å². The Bertz CT molecular complexity index is 407. The molecule has 1 N–H and O–H groups in total. The summed E-state index contributed by atoms with van der Waals surface area (Å²) < 4.78 is 1.08. The maximum absolute atomic E-state index is 11.3. The van der Waals surface area contributed by atoms with E-state index in [1.54, 1.807) is 11.3 Å². The summed E-state index contributed by atoms with van der Waals surface area (Å²) in [6.07, 6.45) is 2.89. The van der Waals surface area contributed by atoms with Gasteiger partial charge in [0.05, 0.1) is 0 Å². The molecule has 1 aliphatic rings. The van der Waals surface area contributed by atoms with Crippen LogP contribution in [0.15, 0.2) is 15.9 Å². The number of halogens is 1. The zero-order valence-electron chi connectivity index (χ0n) is 9.73. The molecule has 0 aromatic carbocycles. The average molecular weight is 318 g/mol. The van der Waals surface area contributed by atoms with Crippen molar-refractivity contribution in [1.29, 1.82) is 0 Å². The molecule has 2 heterocycles. The van der Waals surface area contributed by atoms with Gasteiger partial charge in [-0.2, -0.15) is 0 Å². The molecule has 3 nitrogen and oxygen atoms in total. The lowest BCUT2D eigenvalue weighted by molar-refractivity contribution is -0.145. The SMILES string of the molecule is CC(c1cc(Br)cs1)N1CCCCC1C(=O)O. The summed E-state index contributed by atoms with van der Waals surface area (Å²) in [4.78, 5) is 14.6. The molecule has 0 bridgehead atoms. The van der Waals surface area contributed by atoms with E-state index in [0.717, 1.165) is 30.3 Å². The Morgan fingerprint density at radius 2 is 2.41 bits per heavy atom. The number of likely N-dealkylation sites (tertiary alicyclic amines) is 1. The van der Waals surface area contributed by atoms with Gasteiger partial charge in [-0.3, -0.25) is 9.69 Å². The van der Waals surface area contributed by atoms with Crippen LogP contribution in [0.25, 0.3) is 0 Å². The van der Waals surface area contributed by atoms with Gasteiger partial charge in [-0.25, -0.2) is 0 Å². The van der Waals surface area contributed by atoms with Crippen LogP contribution in [0.3, 0.4) is 0 Å². The van der Waals surface area contributed by atoms with E-state index >= 15 is 0 Å². The Kier molecular flexibility index (Phi) is 4.22. The number of hydrogen-bond donors (Lipinski definition) is 1. The van der Waals surface area contributed by atoms with Crippen molar-refractivity contribution in [1.82, 2.24) is 4.90 Å². The number of carboxylic acid groups (broad SMARTS) is 1. The van der Waals surface area contributed by atoms with Crippen LogP contribution >= 0.6 is 27.3 Å². The highest BCUT2D eigenvalue weighted by atomic mass is 79.9. The molecular weight excluding hydrogens is 302 g/mol. The molecular formula is C12H16BrNO2S. The Morgan fingerprint density at radius 1 is 1.65 bits per heavy atom. The van der Waals surface area contributed by atoms with E-state index in [4.69, 9.17) is 0 Å². The summed E-state index contributed by atoms with van der Waals surface area (Å²) in [5, 5.41) is 11.3. The van der Waals surface area contributed by atoms with Crippen LogP contribution in [-0.2, 0) is 4.79 Å². The lowest BCUT2D eigenvalue weighted by Crippen LogP contribution is -2.45. The summed E-state index contributed by atoms with van der Waals surface area (Å²) >= 11 is 5.13. The van der Waals surface area contributed by atoms with Crippen molar-refractivity contribution in [2.45, 2.75) is 38.3 Å². The highest BCUT2D eigenvalue weighted by molar-refractivity contribution is 9.10. The van der Waals surface area contributed by atoms with Gasteiger partial charge in [0, 0.05) is 20.8 Å². The third-order valence-corrected chi connectivity index (χ3v) is 5.19. The highest BCUT2D eigenvalue weighted by Gasteiger charge is 2.32. The number of piperidine rings is 1. The molecule has 1 aromatic rings. The van der Waals surface area contributed by atoms with Crippen molar-refractivity contribution < 1.29 is 9.90 Å². The van der Waals surface area contributed by atoms with Crippen molar-refractivity contribution in [2.24, 2.45) is 0 Å². The van der Waals surface area contributed by atoms with Crippen molar-refractivity contribution in [2.75, 3.05) is 6.54 Å². The Balaban J connectivity index is 2.16. The van der Waals surface area contributed by atoms with E-state index in [1.807, 2.05) is 5.38 Å². The maximum Gasteiger partial charge on any atom is 0.320 e. The number of thiophene rings is 1. The van der Waals surface area contributed by atoms with Gasteiger partial charge in [0.2, 0.25) is 0 Å². The van der Waals surface area contributed by atoms with Crippen LogP contribution in [-0.4, -0.2) is 28.6 Å². The van der Waals surface area contributed by atoms with Crippen LogP contribution in [0.1, 0.15) is 37.1 Å². The molecule has 17 heavy (non-hydrogen) atoms. The van der Waals surface area contributed by atoms with Gasteiger partial charge in [0.25, 0.3) is 0 Å². The Hall–Kier alpha value is -0.390. The molecule has 5 heteroatoms. The smallest absolute Gasteiger partial charge is 0.320 e. The second kappa shape index (κ2) is 5.50. The summed E-state index contributed by atoms with van der Waals surface area (Å²) in [6, 6.07) is 1.95. The zero-order valence-corrected chi connectivity index (χ0v) is 12.1. The van der Waals surface area contributed by atoms with Crippen LogP contribution < -0.4 is 0 Å². The minimum Gasteiger partial charge on any atom is -0.480 e. The molecule has 0 amide bonds. The minimum atomic E-state index is -0.688. The van der Waals surface area contributed by atoms with E-state index in [9.17, 15) is 9.90 Å². The van der Waals surface area contributed by atoms with Gasteiger partial charge >= 0.3 is 5.97 Å². The van der Waals surface area contributed by atoms with Crippen molar-refractivity contribution in [3.63, 3.8) is 0 Å². The van der Waals surface area contributed by atoms with Gasteiger partial charge in [-0.1, -0.05) is 6.42 Å². The molecule has 1 aliphatic heterocycles. The van der Waals surface area contributed by atoms with E-state index in [-0.39, 0.29) is 12.1 Å². The van der Waals surface area contributed by atoms with Gasteiger partial charge < -0.3 is 5.11 Å². The molecule has 1 saturated heterocycles. The fourth-order valence-electron chi connectivity index (χ4n) is 2.39. The molecule has 0 saturated carbocycles. The van der Waals surface area contributed by atoms with Crippen LogP contribution in [0.5, 0.6) is 0 Å². The fourth-order valence-corrected chi connectivity index (χ4v) is 3.92. The van der Waals surface area contributed by atoms with Crippen molar-refractivity contribution >= 4 is 33.2 Å². The first-order valence-corrected chi connectivity index (χ1v) is 7.49. The lowest BCUT2D eigenvalue weighted by atomic mass is 10.00. The number of carboxylic acids is 1. The first-order chi connectivity index (χ1) is 8.09. The number of hydrogen-bond acceptors (Lipinski definition) is 3. The molecule has 2 unspecified atom stereocenters. The van der Waals surface area contributed by atoms with E-state index in [2.05, 4.69) is 33.8 Å². The second-order valence-electron chi connectivity index (χ2n) is 4.43. The normalized spacial score (nSPS) is 23.5. The number of rotatable bonds is 3. The molecule has 1 aromatic heterocycles. The third-order valence-electron chi connectivity index (χ3n) is 3.33. The number of nitrogens with zero attached hydrogens (tertiary/aromatic N) is 1. The predicted molar refractivity (Wildman–Crippen MR) is 72.4 cm³/mol. The van der Waals surface area contributed by atoms with Gasteiger partial charge in [-0.15, -0.1) is 11.3 Å². The summed E-state index contributed by atoms with van der Waals surface area (Å²) in [6.45, 7) is 2.98. The Labute approximate surface area is 114 Å². The first-order valence-electron chi connectivity index (χ1n) is 5.82. The monoisotopic (exact) mass is 317 g/mol.